The number of carbonyl (C=O) groups is 1. The molecule has 5 heteroatoms. The Hall–Kier alpha value is -2.30. The molecule has 2 aromatic rings. The largest absolute Gasteiger partial charge is 0.481 e. The number of anilines is 1. The Labute approximate surface area is 105 Å². The van der Waals surface area contributed by atoms with Gasteiger partial charge in [0.25, 0.3) is 0 Å². The summed E-state index contributed by atoms with van der Waals surface area (Å²) in [7, 11) is 1.87. The fraction of sp³-hybridized carbons (Fsp3) is 0.231. The Bertz CT molecular complexity index is 531. The molecule has 0 radical (unpaired) electrons. The molecule has 94 valence electrons. The van der Waals surface area contributed by atoms with E-state index >= 15 is 0 Å². The van der Waals surface area contributed by atoms with Crippen LogP contribution in [0.25, 0.3) is 0 Å². The van der Waals surface area contributed by atoms with Crippen molar-refractivity contribution < 1.29 is 9.90 Å². The molecular formula is C13H15N3O2. The third kappa shape index (κ3) is 3.35. The molecule has 1 aromatic heterocycles. The zero-order chi connectivity index (χ0) is 13.0. The van der Waals surface area contributed by atoms with E-state index in [-0.39, 0.29) is 6.42 Å². The van der Waals surface area contributed by atoms with Gasteiger partial charge >= 0.3 is 5.97 Å². The molecular weight excluding hydrogens is 230 g/mol. The van der Waals surface area contributed by atoms with Gasteiger partial charge in [-0.3, -0.25) is 9.48 Å². The fourth-order valence-corrected chi connectivity index (χ4v) is 1.67. The number of carboxylic acids is 1. The Kier molecular flexibility index (Phi) is 3.62. The molecule has 0 amide bonds. The zero-order valence-corrected chi connectivity index (χ0v) is 10.1. The average molecular weight is 245 g/mol. The summed E-state index contributed by atoms with van der Waals surface area (Å²) in [6.07, 6.45) is 3.73. The van der Waals surface area contributed by atoms with Crippen LogP contribution in [0.15, 0.2) is 36.7 Å². The summed E-state index contributed by atoms with van der Waals surface area (Å²) in [5, 5.41) is 16.0. The van der Waals surface area contributed by atoms with Gasteiger partial charge in [0.15, 0.2) is 0 Å². The monoisotopic (exact) mass is 245 g/mol. The summed E-state index contributed by atoms with van der Waals surface area (Å²) in [6, 6.07) is 7.55. The van der Waals surface area contributed by atoms with Gasteiger partial charge in [-0.2, -0.15) is 5.10 Å². The number of rotatable bonds is 5. The van der Waals surface area contributed by atoms with Crippen LogP contribution in [0.1, 0.15) is 11.1 Å². The summed E-state index contributed by atoms with van der Waals surface area (Å²) in [5.41, 5.74) is 2.88. The molecule has 0 unspecified atom stereocenters. The molecule has 0 aliphatic rings. The van der Waals surface area contributed by atoms with Crippen molar-refractivity contribution in [1.29, 1.82) is 0 Å². The maximum Gasteiger partial charge on any atom is 0.307 e. The van der Waals surface area contributed by atoms with E-state index < -0.39 is 5.97 Å². The maximum atomic E-state index is 10.5. The highest BCUT2D eigenvalue weighted by Gasteiger charge is 2.00. The Balaban J connectivity index is 1.92. The normalized spacial score (nSPS) is 10.3. The van der Waals surface area contributed by atoms with E-state index in [2.05, 4.69) is 10.4 Å². The van der Waals surface area contributed by atoms with Crippen LogP contribution in [-0.2, 0) is 24.8 Å². The summed E-state index contributed by atoms with van der Waals surface area (Å²) in [4.78, 5) is 10.5. The molecule has 0 saturated heterocycles. The molecule has 0 fully saturated rings. The van der Waals surface area contributed by atoms with Gasteiger partial charge in [-0.1, -0.05) is 24.3 Å². The van der Waals surface area contributed by atoms with E-state index in [0.29, 0.717) is 6.54 Å². The number of carboxylic acid groups (broad SMARTS) is 1. The van der Waals surface area contributed by atoms with Gasteiger partial charge in [0.1, 0.15) is 0 Å². The second kappa shape index (κ2) is 5.35. The van der Waals surface area contributed by atoms with Crippen molar-refractivity contribution in [3.8, 4) is 0 Å². The first-order valence-corrected chi connectivity index (χ1v) is 5.65. The van der Waals surface area contributed by atoms with Gasteiger partial charge in [0.05, 0.1) is 18.3 Å². The predicted molar refractivity (Wildman–Crippen MR) is 68.3 cm³/mol. The van der Waals surface area contributed by atoms with E-state index in [4.69, 9.17) is 5.11 Å². The van der Waals surface area contributed by atoms with Crippen LogP contribution in [0.5, 0.6) is 0 Å². The molecule has 1 aromatic carbocycles. The SMILES string of the molecule is Cn1cc(NCc2ccc(CC(=O)O)cc2)cn1. The number of hydrogen-bond acceptors (Lipinski definition) is 3. The lowest BCUT2D eigenvalue weighted by molar-refractivity contribution is -0.136. The molecule has 0 aliphatic carbocycles. The number of aryl methyl sites for hydroxylation is 1. The van der Waals surface area contributed by atoms with Crippen molar-refractivity contribution >= 4 is 11.7 Å². The molecule has 2 N–H and O–H groups in total. The molecule has 18 heavy (non-hydrogen) atoms. The minimum Gasteiger partial charge on any atom is -0.481 e. The van der Waals surface area contributed by atoms with Crippen LogP contribution >= 0.6 is 0 Å². The van der Waals surface area contributed by atoms with Crippen LogP contribution in [0.3, 0.4) is 0 Å². The third-order valence-electron chi connectivity index (χ3n) is 2.58. The van der Waals surface area contributed by atoms with Crippen LogP contribution in [0.2, 0.25) is 0 Å². The van der Waals surface area contributed by atoms with E-state index in [0.717, 1.165) is 16.8 Å². The highest BCUT2D eigenvalue weighted by atomic mass is 16.4. The second-order valence-electron chi connectivity index (χ2n) is 4.14. The lowest BCUT2D eigenvalue weighted by atomic mass is 10.1. The van der Waals surface area contributed by atoms with Gasteiger partial charge in [0, 0.05) is 19.8 Å². The van der Waals surface area contributed by atoms with E-state index in [1.54, 1.807) is 10.9 Å². The van der Waals surface area contributed by atoms with E-state index in [1.165, 1.54) is 0 Å². The number of nitrogens with one attached hydrogen (secondary N) is 1. The van der Waals surface area contributed by atoms with Crippen molar-refractivity contribution in [2.45, 2.75) is 13.0 Å². The third-order valence-corrected chi connectivity index (χ3v) is 2.58. The fourth-order valence-electron chi connectivity index (χ4n) is 1.67. The molecule has 0 atom stereocenters. The first-order valence-electron chi connectivity index (χ1n) is 5.65. The molecule has 2 rings (SSSR count). The van der Waals surface area contributed by atoms with Gasteiger partial charge in [-0.05, 0) is 11.1 Å². The quantitative estimate of drug-likeness (QED) is 0.840. The van der Waals surface area contributed by atoms with Crippen molar-refractivity contribution in [2.75, 3.05) is 5.32 Å². The van der Waals surface area contributed by atoms with E-state index in [9.17, 15) is 4.79 Å². The summed E-state index contributed by atoms with van der Waals surface area (Å²) >= 11 is 0. The highest BCUT2D eigenvalue weighted by Crippen LogP contribution is 2.09. The van der Waals surface area contributed by atoms with Crippen LogP contribution in [-0.4, -0.2) is 20.9 Å². The number of aliphatic carboxylic acids is 1. The summed E-state index contributed by atoms with van der Waals surface area (Å²) in [6.45, 7) is 0.693. The molecule has 0 aliphatic heterocycles. The standard InChI is InChI=1S/C13H15N3O2/c1-16-9-12(8-15-16)14-7-11-4-2-10(3-5-11)6-13(17)18/h2-5,8-9,14H,6-7H2,1H3,(H,17,18). The summed E-state index contributed by atoms with van der Waals surface area (Å²) in [5.74, 6) is -0.809. The Morgan fingerprint density at radius 3 is 2.56 bits per heavy atom. The van der Waals surface area contributed by atoms with Crippen molar-refractivity contribution in [3.05, 3.63) is 47.8 Å². The minimum absolute atomic E-state index is 0.0658. The van der Waals surface area contributed by atoms with Crippen LogP contribution in [0, 0.1) is 0 Å². The van der Waals surface area contributed by atoms with Gasteiger partial charge in [-0.25, -0.2) is 0 Å². The first-order chi connectivity index (χ1) is 8.63. The minimum atomic E-state index is -0.809. The molecule has 5 nitrogen and oxygen atoms in total. The highest BCUT2D eigenvalue weighted by molar-refractivity contribution is 5.70. The second-order valence-corrected chi connectivity index (χ2v) is 4.14. The summed E-state index contributed by atoms with van der Waals surface area (Å²) < 4.78 is 1.73. The van der Waals surface area contributed by atoms with Gasteiger partial charge in [0.2, 0.25) is 0 Å². The Morgan fingerprint density at radius 2 is 2.00 bits per heavy atom. The smallest absolute Gasteiger partial charge is 0.307 e. The zero-order valence-electron chi connectivity index (χ0n) is 10.1. The van der Waals surface area contributed by atoms with Crippen LogP contribution in [0.4, 0.5) is 5.69 Å². The van der Waals surface area contributed by atoms with E-state index in [1.807, 2.05) is 37.5 Å². The molecule has 0 spiro atoms. The Morgan fingerprint density at radius 1 is 1.33 bits per heavy atom. The van der Waals surface area contributed by atoms with Gasteiger partial charge in [-0.15, -0.1) is 0 Å². The number of nitrogens with zero attached hydrogens (tertiary/aromatic N) is 2. The van der Waals surface area contributed by atoms with Gasteiger partial charge < -0.3 is 10.4 Å². The molecule has 1 heterocycles. The number of hydrogen-bond donors (Lipinski definition) is 2. The molecule has 0 saturated carbocycles. The maximum absolute atomic E-state index is 10.5. The predicted octanol–water partition coefficient (Wildman–Crippen LogP) is 1.66. The average Bonchev–Trinajstić information content (AvgIpc) is 2.74. The van der Waals surface area contributed by atoms with Crippen molar-refractivity contribution in [3.63, 3.8) is 0 Å². The van der Waals surface area contributed by atoms with Crippen molar-refractivity contribution in [2.24, 2.45) is 7.05 Å². The first kappa shape index (κ1) is 12.2. The number of aromatic nitrogens is 2. The lowest BCUT2D eigenvalue weighted by Gasteiger charge is -2.04. The topological polar surface area (TPSA) is 67.2 Å². The molecule has 0 bridgehead atoms. The number of benzene rings is 1. The van der Waals surface area contributed by atoms with Crippen molar-refractivity contribution in [1.82, 2.24) is 9.78 Å². The van der Waals surface area contributed by atoms with Crippen LogP contribution < -0.4 is 5.32 Å². The lowest BCUT2D eigenvalue weighted by Crippen LogP contribution is -2.01.